The summed E-state index contributed by atoms with van der Waals surface area (Å²) < 4.78 is 5.03. The first-order chi connectivity index (χ1) is 7.33. The molecule has 1 atom stereocenters. The van der Waals surface area contributed by atoms with E-state index in [9.17, 15) is 0 Å². The van der Waals surface area contributed by atoms with Crippen LogP contribution in [-0.2, 0) is 6.42 Å². The minimum Gasteiger partial charge on any atom is -0.481 e. The van der Waals surface area contributed by atoms with E-state index < -0.39 is 0 Å². The SMILES string of the molecule is CNC(Cc1ccc(OC)nc1)C1CC1. The number of nitrogens with one attached hydrogen (secondary N) is 1. The van der Waals surface area contributed by atoms with E-state index in [1.54, 1.807) is 7.11 Å². The molecule has 1 unspecified atom stereocenters. The van der Waals surface area contributed by atoms with Gasteiger partial charge in [-0.15, -0.1) is 0 Å². The Morgan fingerprint density at radius 1 is 1.53 bits per heavy atom. The van der Waals surface area contributed by atoms with Gasteiger partial charge in [-0.05, 0) is 37.8 Å². The van der Waals surface area contributed by atoms with E-state index in [1.165, 1.54) is 18.4 Å². The van der Waals surface area contributed by atoms with Gasteiger partial charge in [0, 0.05) is 18.3 Å². The summed E-state index contributed by atoms with van der Waals surface area (Å²) in [7, 11) is 3.68. The van der Waals surface area contributed by atoms with Crippen LogP contribution in [0.2, 0.25) is 0 Å². The molecule has 1 aromatic heterocycles. The van der Waals surface area contributed by atoms with E-state index in [0.717, 1.165) is 12.3 Å². The predicted octanol–water partition coefficient (Wildman–Crippen LogP) is 1.63. The monoisotopic (exact) mass is 206 g/mol. The van der Waals surface area contributed by atoms with E-state index >= 15 is 0 Å². The number of nitrogens with zero attached hydrogens (tertiary/aromatic N) is 1. The molecule has 0 bridgehead atoms. The van der Waals surface area contributed by atoms with Crippen molar-refractivity contribution in [1.82, 2.24) is 10.3 Å². The first kappa shape index (κ1) is 10.4. The summed E-state index contributed by atoms with van der Waals surface area (Å²) in [5.41, 5.74) is 1.28. The molecule has 1 aromatic rings. The molecule has 0 saturated heterocycles. The summed E-state index contributed by atoms with van der Waals surface area (Å²) in [5, 5.41) is 3.38. The number of hydrogen-bond donors (Lipinski definition) is 1. The number of rotatable bonds is 5. The molecule has 2 rings (SSSR count). The Labute approximate surface area is 90.9 Å². The van der Waals surface area contributed by atoms with Crippen LogP contribution in [0.5, 0.6) is 5.88 Å². The van der Waals surface area contributed by atoms with Gasteiger partial charge in [0.2, 0.25) is 5.88 Å². The molecule has 1 heterocycles. The standard InChI is InChI=1S/C12H18N2O/c1-13-11(10-4-5-10)7-9-3-6-12(15-2)14-8-9/h3,6,8,10-11,13H,4-5,7H2,1-2H3. The van der Waals surface area contributed by atoms with Gasteiger partial charge in [0.1, 0.15) is 0 Å². The van der Waals surface area contributed by atoms with Crippen molar-refractivity contribution in [2.75, 3.05) is 14.2 Å². The molecule has 1 N–H and O–H groups in total. The van der Waals surface area contributed by atoms with Crippen LogP contribution in [0.15, 0.2) is 18.3 Å². The van der Waals surface area contributed by atoms with Gasteiger partial charge in [0.25, 0.3) is 0 Å². The van der Waals surface area contributed by atoms with E-state index in [1.807, 2.05) is 19.3 Å². The lowest BCUT2D eigenvalue weighted by molar-refractivity contribution is 0.397. The van der Waals surface area contributed by atoms with E-state index in [0.29, 0.717) is 11.9 Å². The summed E-state index contributed by atoms with van der Waals surface area (Å²) in [6.45, 7) is 0. The molecule has 1 fully saturated rings. The Bertz CT molecular complexity index is 306. The number of methoxy groups -OCH3 is 1. The molecular formula is C12H18N2O. The summed E-state index contributed by atoms with van der Waals surface area (Å²) in [6, 6.07) is 4.63. The molecule has 3 heteroatoms. The van der Waals surface area contributed by atoms with Crippen LogP contribution in [0.4, 0.5) is 0 Å². The van der Waals surface area contributed by atoms with Crippen LogP contribution in [-0.4, -0.2) is 25.2 Å². The molecule has 15 heavy (non-hydrogen) atoms. The van der Waals surface area contributed by atoms with Gasteiger partial charge in [-0.2, -0.15) is 0 Å². The number of aromatic nitrogens is 1. The van der Waals surface area contributed by atoms with Gasteiger partial charge in [-0.25, -0.2) is 4.98 Å². The molecule has 0 aliphatic heterocycles. The second-order valence-corrected chi connectivity index (χ2v) is 4.15. The minimum atomic E-state index is 0.611. The van der Waals surface area contributed by atoms with Crippen LogP contribution in [0, 0.1) is 5.92 Å². The number of pyridine rings is 1. The maximum absolute atomic E-state index is 5.03. The van der Waals surface area contributed by atoms with Crippen molar-refractivity contribution in [2.24, 2.45) is 5.92 Å². The van der Waals surface area contributed by atoms with Crippen LogP contribution >= 0.6 is 0 Å². The van der Waals surface area contributed by atoms with Gasteiger partial charge in [-0.1, -0.05) is 6.07 Å². The van der Waals surface area contributed by atoms with Crippen LogP contribution in [0.1, 0.15) is 18.4 Å². The highest BCUT2D eigenvalue weighted by Crippen LogP contribution is 2.33. The summed E-state index contributed by atoms with van der Waals surface area (Å²) in [5.74, 6) is 1.56. The molecule has 1 saturated carbocycles. The third kappa shape index (κ3) is 2.69. The van der Waals surface area contributed by atoms with Gasteiger partial charge in [-0.3, -0.25) is 0 Å². The van der Waals surface area contributed by atoms with Crippen LogP contribution in [0.25, 0.3) is 0 Å². The molecule has 1 aliphatic carbocycles. The summed E-state index contributed by atoms with van der Waals surface area (Å²) in [6.07, 6.45) is 5.72. The highest BCUT2D eigenvalue weighted by molar-refractivity contribution is 5.19. The second kappa shape index (κ2) is 4.62. The first-order valence-electron chi connectivity index (χ1n) is 5.49. The Hall–Kier alpha value is -1.09. The number of hydrogen-bond acceptors (Lipinski definition) is 3. The normalized spacial score (nSPS) is 17.5. The molecule has 0 spiro atoms. The summed E-state index contributed by atoms with van der Waals surface area (Å²) in [4.78, 5) is 4.21. The fourth-order valence-electron chi connectivity index (χ4n) is 1.91. The van der Waals surface area contributed by atoms with E-state index in [4.69, 9.17) is 4.74 Å². The fourth-order valence-corrected chi connectivity index (χ4v) is 1.91. The maximum Gasteiger partial charge on any atom is 0.212 e. The summed E-state index contributed by atoms with van der Waals surface area (Å²) >= 11 is 0. The lowest BCUT2D eigenvalue weighted by Crippen LogP contribution is -2.29. The van der Waals surface area contributed by atoms with Gasteiger partial charge >= 0.3 is 0 Å². The molecule has 82 valence electrons. The van der Waals surface area contributed by atoms with E-state index in [-0.39, 0.29) is 0 Å². The van der Waals surface area contributed by atoms with Crippen LogP contribution < -0.4 is 10.1 Å². The Morgan fingerprint density at radius 2 is 2.33 bits per heavy atom. The van der Waals surface area contributed by atoms with Gasteiger partial charge in [0.15, 0.2) is 0 Å². The largest absolute Gasteiger partial charge is 0.481 e. The molecule has 0 radical (unpaired) electrons. The topological polar surface area (TPSA) is 34.1 Å². The zero-order valence-electron chi connectivity index (χ0n) is 9.36. The van der Waals surface area contributed by atoms with Crippen molar-refractivity contribution in [3.63, 3.8) is 0 Å². The van der Waals surface area contributed by atoms with Gasteiger partial charge < -0.3 is 10.1 Å². The third-order valence-electron chi connectivity index (χ3n) is 3.02. The Morgan fingerprint density at radius 3 is 2.80 bits per heavy atom. The predicted molar refractivity (Wildman–Crippen MR) is 60.1 cm³/mol. The molecular weight excluding hydrogens is 188 g/mol. The quantitative estimate of drug-likeness (QED) is 0.795. The zero-order chi connectivity index (χ0) is 10.7. The molecule has 3 nitrogen and oxygen atoms in total. The molecule has 0 aromatic carbocycles. The van der Waals surface area contributed by atoms with Gasteiger partial charge in [0.05, 0.1) is 7.11 Å². The van der Waals surface area contributed by atoms with Crippen molar-refractivity contribution in [1.29, 1.82) is 0 Å². The van der Waals surface area contributed by atoms with Crippen molar-refractivity contribution < 1.29 is 4.74 Å². The number of likely N-dealkylation sites (N-methyl/N-ethyl adjacent to an activating group) is 1. The lowest BCUT2D eigenvalue weighted by Gasteiger charge is -2.14. The Kier molecular flexibility index (Phi) is 3.21. The van der Waals surface area contributed by atoms with Crippen molar-refractivity contribution in [2.45, 2.75) is 25.3 Å². The fraction of sp³-hybridized carbons (Fsp3) is 0.583. The van der Waals surface area contributed by atoms with Crippen molar-refractivity contribution >= 4 is 0 Å². The Balaban J connectivity index is 1.96. The van der Waals surface area contributed by atoms with Crippen molar-refractivity contribution in [3.8, 4) is 5.88 Å². The first-order valence-corrected chi connectivity index (χ1v) is 5.49. The highest BCUT2D eigenvalue weighted by atomic mass is 16.5. The second-order valence-electron chi connectivity index (χ2n) is 4.15. The van der Waals surface area contributed by atoms with E-state index in [2.05, 4.69) is 16.4 Å². The van der Waals surface area contributed by atoms with Crippen LogP contribution in [0.3, 0.4) is 0 Å². The average molecular weight is 206 g/mol. The van der Waals surface area contributed by atoms with Crippen molar-refractivity contribution in [3.05, 3.63) is 23.9 Å². The average Bonchev–Trinajstić information content (AvgIpc) is 3.10. The number of ether oxygens (including phenoxy) is 1. The zero-order valence-corrected chi connectivity index (χ0v) is 9.36. The minimum absolute atomic E-state index is 0.611. The maximum atomic E-state index is 5.03. The lowest BCUT2D eigenvalue weighted by atomic mass is 10.0. The smallest absolute Gasteiger partial charge is 0.212 e. The molecule has 0 amide bonds. The highest BCUT2D eigenvalue weighted by Gasteiger charge is 2.29. The molecule has 1 aliphatic rings. The third-order valence-corrected chi connectivity index (χ3v) is 3.02.